The first kappa shape index (κ1) is 18.9. The highest BCUT2D eigenvalue weighted by Gasteiger charge is 2.27. The molecule has 152 valence electrons. The Labute approximate surface area is 181 Å². The van der Waals surface area contributed by atoms with Crippen LogP contribution in [0.2, 0.25) is 0 Å². The van der Waals surface area contributed by atoms with E-state index in [1.54, 1.807) is 12.3 Å². The maximum Gasteiger partial charge on any atom is 0.126 e. The molecule has 4 heteroatoms. The molecule has 5 aromatic rings. The summed E-state index contributed by atoms with van der Waals surface area (Å²) in [6.45, 7) is 0. The minimum absolute atomic E-state index is 0.253. The number of anilines is 1. The van der Waals surface area contributed by atoms with Crippen molar-refractivity contribution in [2.45, 2.75) is 6.04 Å². The number of hydrogen-bond donors (Lipinski definition) is 2. The molecule has 0 fully saturated rings. The third-order valence-electron chi connectivity index (χ3n) is 5.69. The lowest BCUT2D eigenvalue weighted by atomic mass is 9.92. The number of hydrogen-bond acceptors (Lipinski definition) is 3. The minimum Gasteiger partial charge on any atom is -0.508 e. The lowest BCUT2D eigenvalue weighted by Crippen LogP contribution is -2.14. The summed E-state index contributed by atoms with van der Waals surface area (Å²) in [5.41, 5.74) is 5.29. The van der Waals surface area contributed by atoms with Gasteiger partial charge in [-0.2, -0.15) is 0 Å². The fourth-order valence-corrected chi connectivity index (χ4v) is 4.29. The Morgan fingerprint density at radius 1 is 0.806 bits per heavy atom. The third-order valence-corrected chi connectivity index (χ3v) is 5.69. The number of pyridine rings is 1. The van der Waals surface area contributed by atoms with E-state index in [4.69, 9.17) is 0 Å². The van der Waals surface area contributed by atoms with Crippen molar-refractivity contribution in [3.8, 4) is 17.0 Å². The second-order valence-corrected chi connectivity index (χ2v) is 7.56. The van der Waals surface area contributed by atoms with Gasteiger partial charge >= 0.3 is 0 Å². The monoisotopic (exact) mass is 405 g/mol. The average Bonchev–Trinajstić information content (AvgIpc) is 3.12. The van der Waals surface area contributed by atoms with Crippen LogP contribution in [-0.4, -0.2) is 14.7 Å². The van der Waals surface area contributed by atoms with Crippen LogP contribution in [0.25, 0.3) is 22.2 Å². The summed E-state index contributed by atoms with van der Waals surface area (Å²) in [5, 5.41) is 15.5. The molecule has 0 amide bonds. The summed E-state index contributed by atoms with van der Waals surface area (Å²) in [6.07, 6.45) is 1.77. The Bertz CT molecular complexity index is 1330. The van der Waals surface area contributed by atoms with Crippen LogP contribution in [-0.2, 0) is 7.05 Å². The van der Waals surface area contributed by atoms with Crippen molar-refractivity contribution in [3.63, 3.8) is 0 Å². The molecule has 1 atom stereocenters. The van der Waals surface area contributed by atoms with E-state index >= 15 is 0 Å². The molecular formula is C27H23N3O. The number of phenolic OH excluding ortho intramolecular Hbond substituents is 1. The Kier molecular flexibility index (Phi) is 4.89. The number of para-hydroxylation sites is 2. The number of aromatic hydroxyl groups is 1. The number of aryl methyl sites for hydroxylation is 1. The molecule has 0 radical (unpaired) electrons. The fourth-order valence-electron chi connectivity index (χ4n) is 4.29. The molecule has 0 saturated carbocycles. The van der Waals surface area contributed by atoms with E-state index in [-0.39, 0.29) is 11.8 Å². The van der Waals surface area contributed by atoms with Crippen molar-refractivity contribution in [3.05, 3.63) is 114 Å². The summed E-state index contributed by atoms with van der Waals surface area (Å²) in [4.78, 5) is 4.49. The van der Waals surface area contributed by atoms with Gasteiger partial charge in [0, 0.05) is 35.3 Å². The summed E-state index contributed by atoms with van der Waals surface area (Å²) in [5.74, 6) is 1.01. The highest BCUT2D eigenvalue weighted by Crippen LogP contribution is 2.42. The van der Waals surface area contributed by atoms with Gasteiger partial charge in [-0.15, -0.1) is 0 Å². The smallest absolute Gasteiger partial charge is 0.126 e. The van der Waals surface area contributed by atoms with Crippen molar-refractivity contribution >= 4 is 16.7 Å². The Morgan fingerprint density at radius 3 is 2.29 bits per heavy atom. The predicted octanol–water partition coefficient (Wildman–Crippen LogP) is 6.15. The van der Waals surface area contributed by atoms with Crippen LogP contribution in [0.5, 0.6) is 5.75 Å². The number of rotatable bonds is 5. The second-order valence-electron chi connectivity index (χ2n) is 7.56. The minimum atomic E-state index is -0.294. The van der Waals surface area contributed by atoms with Crippen molar-refractivity contribution in [2.24, 2.45) is 7.05 Å². The van der Waals surface area contributed by atoms with Crippen molar-refractivity contribution < 1.29 is 5.11 Å². The van der Waals surface area contributed by atoms with Gasteiger partial charge in [-0.3, -0.25) is 0 Å². The summed E-state index contributed by atoms with van der Waals surface area (Å²) in [7, 11) is 2.09. The standard InChI is InChI=1S/C27H23N3O/c1-30-22-15-7-5-13-20(22)25(27(30)19-11-3-2-4-12-19)26(21-14-6-8-16-23(21)31)29-24-17-9-10-18-28-24/h2-18,26,31H,1H3,(H,28,29)/t26-/m0/s1. The molecule has 0 spiro atoms. The molecule has 0 bridgehead atoms. The molecule has 3 aromatic carbocycles. The zero-order chi connectivity index (χ0) is 21.2. The molecule has 2 heterocycles. The molecule has 0 aliphatic rings. The number of benzene rings is 3. The third kappa shape index (κ3) is 3.42. The number of aromatic nitrogens is 2. The first-order valence-electron chi connectivity index (χ1n) is 10.3. The normalized spacial score (nSPS) is 12.0. The van der Waals surface area contributed by atoms with Crippen LogP contribution in [0, 0.1) is 0 Å². The first-order chi connectivity index (χ1) is 15.2. The quantitative estimate of drug-likeness (QED) is 0.369. The Morgan fingerprint density at radius 2 is 1.52 bits per heavy atom. The van der Waals surface area contributed by atoms with Gasteiger partial charge in [-0.1, -0.05) is 72.8 Å². The summed E-state index contributed by atoms with van der Waals surface area (Å²) in [6, 6.07) is 31.8. The van der Waals surface area contributed by atoms with E-state index in [0.717, 1.165) is 39.1 Å². The fraction of sp³-hybridized carbons (Fsp3) is 0.0741. The average molecular weight is 406 g/mol. The topological polar surface area (TPSA) is 50.1 Å². The number of phenols is 1. The molecule has 4 nitrogen and oxygen atoms in total. The van der Waals surface area contributed by atoms with E-state index in [1.807, 2.05) is 42.5 Å². The maximum atomic E-state index is 10.8. The molecule has 0 aliphatic carbocycles. The Balaban J connectivity index is 1.82. The van der Waals surface area contributed by atoms with Gasteiger partial charge in [0.1, 0.15) is 11.6 Å². The number of nitrogens with one attached hydrogen (secondary N) is 1. The number of nitrogens with zero attached hydrogens (tertiary/aromatic N) is 2. The molecule has 5 rings (SSSR count). The molecule has 2 N–H and O–H groups in total. The van der Waals surface area contributed by atoms with Crippen LogP contribution in [0.3, 0.4) is 0 Å². The van der Waals surface area contributed by atoms with Gasteiger partial charge in [-0.25, -0.2) is 4.98 Å². The van der Waals surface area contributed by atoms with Gasteiger partial charge in [0.25, 0.3) is 0 Å². The van der Waals surface area contributed by atoms with Crippen LogP contribution >= 0.6 is 0 Å². The highest BCUT2D eigenvalue weighted by molar-refractivity contribution is 5.93. The largest absolute Gasteiger partial charge is 0.508 e. The van der Waals surface area contributed by atoms with E-state index < -0.39 is 0 Å². The lowest BCUT2D eigenvalue weighted by molar-refractivity contribution is 0.466. The summed E-state index contributed by atoms with van der Waals surface area (Å²) >= 11 is 0. The molecule has 0 unspecified atom stereocenters. The van der Waals surface area contributed by atoms with Gasteiger partial charge in [0.15, 0.2) is 0 Å². The first-order valence-corrected chi connectivity index (χ1v) is 10.3. The zero-order valence-corrected chi connectivity index (χ0v) is 17.2. The SMILES string of the molecule is Cn1c(-c2ccccc2)c([C@@H](Nc2ccccn2)c2ccccc2O)c2ccccc21. The predicted molar refractivity (Wildman–Crippen MR) is 126 cm³/mol. The van der Waals surface area contributed by atoms with E-state index in [2.05, 4.69) is 70.4 Å². The van der Waals surface area contributed by atoms with Crippen molar-refractivity contribution in [1.29, 1.82) is 0 Å². The van der Waals surface area contributed by atoms with Crippen LogP contribution < -0.4 is 5.32 Å². The van der Waals surface area contributed by atoms with Gasteiger partial charge in [0.05, 0.1) is 11.7 Å². The molecule has 2 aromatic heterocycles. The van der Waals surface area contributed by atoms with Gasteiger partial charge in [-0.05, 0) is 29.8 Å². The van der Waals surface area contributed by atoms with Gasteiger partial charge < -0.3 is 15.0 Å². The molecular weight excluding hydrogens is 382 g/mol. The Hall–Kier alpha value is -4.05. The second kappa shape index (κ2) is 8.00. The maximum absolute atomic E-state index is 10.8. The molecule has 31 heavy (non-hydrogen) atoms. The lowest BCUT2D eigenvalue weighted by Gasteiger charge is -2.23. The molecule has 0 saturated heterocycles. The van der Waals surface area contributed by atoms with E-state index in [0.29, 0.717) is 0 Å². The number of fused-ring (bicyclic) bond motifs is 1. The highest BCUT2D eigenvalue weighted by atomic mass is 16.3. The van der Waals surface area contributed by atoms with Crippen molar-refractivity contribution in [2.75, 3.05) is 5.32 Å². The van der Waals surface area contributed by atoms with Crippen LogP contribution in [0.15, 0.2) is 103 Å². The zero-order valence-electron chi connectivity index (χ0n) is 17.2. The van der Waals surface area contributed by atoms with Crippen LogP contribution in [0.4, 0.5) is 5.82 Å². The van der Waals surface area contributed by atoms with E-state index in [1.165, 1.54) is 0 Å². The van der Waals surface area contributed by atoms with E-state index in [9.17, 15) is 5.11 Å². The molecule has 0 aliphatic heterocycles. The van der Waals surface area contributed by atoms with Crippen LogP contribution in [0.1, 0.15) is 17.2 Å². The van der Waals surface area contributed by atoms with Crippen molar-refractivity contribution in [1.82, 2.24) is 9.55 Å². The van der Waals surface area contributed by atoms with Gasteiger partial charge in [0.2, 0.25) is 0 Å². The summed E-state index contributed by atoms with van der Waals surface area (Å²) < 4.78 is 2.23.